The minimum absolute atomic E-state index is 0.0237. The van der Waals surface area contributed by atoms with Crippen LogP contribution in [0.5, 0.6) is 0 Å². The van der Waals surface area contributed by atoms with Crippen molar-refractivity contribution in [1.29, 1.82) is 0 Å². The summed E-state index contributed by atoms with van der Waals surface area (Å²) in [5, 5.41) is 1.93. The van der Waals surface area contributed by atoms with Crippen molar-refractivity contribution in [2.24, 2.45) is 5.92 Å². The van der Waals surface area contributed by atoms with Crippen LogP contribution in [-0.2, 0) is 19.4 Å². The molecule has 0 spiro atoms. The molecule has 2 aromatic rings. The molecule has 7 heteroatoms. The van der Waals surface area contributed by atoms with Gasteiger partial charge in [0.2, 0.25) is 0 Å². The van der Waals surface area contributed by atoms with E-state index in [0.29, 0.717) is 18.5 Å². The highest BCUT2D eigenvalue weighted by molar-refractivity contribution is 7.91. The predicted molar refractivity (Wildman–Crippen MR) is 108 cm³/mol. The third-order valence-electron chi connectivity index (χ3n) is 4.84. The Labute approximate surface area is 165 Å². The monoisotopic (exact) mass is 403 g/mol. The van der Waals surface area contributed by atoms with Gasteiger partial charge in [0.25, 0.3) is 5.91 Å². The Morgan fingerprint density at radius 2 is 1.86 bits per heavy atom. The van der Waals surface area contributed by atoms with Crippen LogP contribution in [0.1, 0.15) is 30.6 Å². The molecule has 0 saturated carbocycles. The number of esters is 1. The summed E-state index contributed by atoms with van der Waals surface area (Å²) in [5.74, 6) is -0.670. The average Bonchev–Trinajstić information content (AvgIpc) is 3.02. The van der Waals surface area contributed by atoms with E-state index >= 15 is 0 Å². The van der Waals surface area contributed by atoms with Gasteiger partial charge in [-0.3, -0.25) is 4.79 Å². The standard InChI is InChI=1S/C21H25NO5S/c1-15(2)12-22(19-9-10-28(25,26)14-19)20(23)13-27-21(24)18-8-7-16-5-3-4-6-17(16)11-18/h3-8,11,15,19H,9-10,12-14H2,1-2H3/t19-/m1/s1. The van der Waals surface area contributed by atoms with Gasteiger partial charge in [-0.2, -0.15) is 0 Å². The molecular weight excluding hydrogens is 378 g/mol. The molecule has 1 aliphatic heterocycles. The number of ether oxygens (including phenoxy) is 1. The van der Waals surface area contributed by atoms with E-state index in [1.54, 1.807) is 17.0 Å². The van der Waals surface area contributed by atoms with Crippen LogP contribution in [0.2, 0.25) is 0 Å². The fourth-order valence-corrected chi connectivity index (χ4v) is 5.21. The zero-order valence-electron chi connectivity index (χ0n) is 16.1. The average molecular weight is 404 g/mol. The van der Waals surface area contributed by atoms with Crippen molar-refractivity contribution in [3.63, 3.8) is 0 Å². The molecule has 0 aromatic heterocycles. The lowest BCUT2D eigenvalue weighted by molar-refractivity contribution is -0.137. The van der Waals surface area contributed by atoms with Gasteiger partial charge in [-0.1, -0.05) is 44.2 Å². The van der Waals surface area contributed by atoms with Gasteiger partial charge in [-0.05, 0) is 35.2 Å². The molecule has 0 N–H and O–H groups in total. The van der Waals surface area contributed by atoms with Gasteiger partial charge >= 0.3 is 5.97 Å². The third-order valence-corrected chi connectivity index (χ3v) is 6.59. The largest absolute Gasteiger partial charge is 0.452 e. The first kappa shape index (κ1) is 20.3. The van der Waals surface area contributed by atoms with E-state index in [4.69, 9.17) is 4.74 Å². The summed E-state index contributed by atoms with van der Waals surface area (Å²) < 4.78 is 28.8. The number of carbonyl (C=O) groups is 2. The number of hydrogen-bond donors (Lipinski definition) is 0. The number of nitrogens with zero attached hydrogens (tertiary/aromatic N) is 1. The van der Waals surface area contributed by atoms with Crippen LogP contribution in [0.4, 0.5) is 0 Å². The van der Waals surface area contributed by atoms with Crippen molar-refractivity contribution in [3.8, 4) is 0 Å². The van der Waals surface area contributed by atoms with Crippen LogP contribution in [0.15, 0.2) is 42.5 Å². The topological polar surface area (TPSA) is 80.8 Å². The smallest absolute Gasteiger partial charge is 0.338 e. The summed E-state index contributed by atoms with van der Waals surface area (Å²) in [5.41, 5.74) is 0.380. The lowest BCUT2D eigenvalue weighted by Gasteiger charge is -2.29. The van der Waals surface area contributed by atoms with Crippen molar-refractivity contribution in [2.75, 3.05) is 24.7 Å². The Morgan fingerprint density at radius 1 is 1.14 bits per heavy atom. The molecule has 1 atom stereocenters. The van der Waals surface area contributed by atoms with E-state index in [-0.39, 0.29) is 29.4 Å². The van der Waals surface area contributed by atoms with Gasteiger partial charge in [0, 0.05) is 12.6 Å². The summed E-state index contributed by atoms with van der Waals surface area (Å²) in [4.78, 5) is 26.6. The maximum Gasteiger partial charge on any atom is 0.338 e. The zero-order valence-corrected chi connectivity index (χ0v) is 16.9. The minimum Gasteiger partial charge on any atom is -0.452 e. The van der Waals surface area contributed by atoms with Crippen molar-refractivity contribution in [2.45, 2.75) is 26.3 Å². The molecule has 1 saturated heterocycles. The molecule has 1 fully saturated rings. The number of carbonyl (C=O) groups excluding carboxylic acids is 2. The summed E-state index contributed by atoms with van der Waals surface area (Å²) >= 11 is 0. The molecule has 1 aliphatic rings. The minimum atomic E-state index is -3.11. The molecule has 150 valence electrons. The molecule has 6 nitrogen and oxygen atoms in total. The van der Waals surface area contributed by atoms with Crippen molar-refractivity contribution >= 4 is 32.5 Å². The molecule has 0 radical (unpaired) electrons. The first-order valence-corrected chi connectivity index (χ1v) is 11.2. The number of amides is 1. The molecule has 1 heterocycles. The van der Waals surface area contributed by atoms with Gasteiger partial charge in [0.15, 0.2) is 16.4 Å². The highest BCUT2D eigenvalue weighted by Crippen LogP contribution is 2.20. The van der Waals surface area contributed by atoms with Gasteiger partial charge in [-0.15, -0.1) is 0 Å². The van der Waals surface area contributed by atoms with Crippen LogP contribution < -0.4 is 0 Å². The van der Waals surface area contributed by atoms with E-state index < -0.39 is 22.4 Å². The molecule has 0 unspecified atom stereocenters. The van der Waals surface area contributed by atoms with E-state index in [0.717, 1.165) is 10.8 Å². The highest BCUT2D eigenvalue weighted by Gasteiger charge is 2.35. The number of rotatable bonds is 6. The summed E-state index contributed by atoms with van der Waals surface area (Å²) in [6.07, 6.45) is 0.430. The Balaban J connectivity index is 1.66. The van der Waals surface area contributed by atoms with Gasteiger partial charge in [0.05, 0.1) is 17.1 Å². The second-order valence-corrected chi connectivity index (χ2v) is 9.86. The van der Waals surface area contributed by atoms with E-state index in [9.17, 15) is 18.0 Å². The molecule has 0 bridgehead atoms. The number of fused-ring (bicyclic) bond motifs is 1. The SMILES string of the molecule is CC(C)CN(C(=O)COC(=O)c1ccc2ccccc2c1)[C@@H]1CCS(=O)(=O)C1. The lowest BCUT2D eigenvalue weighted by Crippen LogP contribution is -2.45. The lowest BCUT2D eigenvalue weighted by atomic mass is 10.1. The van der Waals surface area contributed by atoms with Gasteiger partial charge < -0.3 is 9.64 Å². The first-order valence-electron chi connectivity index (χ1n) is 9.41. The van der Waals surface area contributed by atoms with Crippen LogP contribution >= 0.6 is 0 Å². The van der Waals surface area contributed by atoms with Gasteiger partial charge in [0.1, 0.15) is 0 Å². The number of hydrogen-bond acceptors (Lipinski definition) is 5. The summed E-state index contributed by atoms with van der Waals surface area (Å²) in [6.45, 7) is 3.97. The van der Waals surface area contributed by atoms with Crippen molar-refractivity contribution < 1.29 is 22.7 Å². The molecule has 2 aromatic carbocycles. The third kappa shape index (κ3) is 4.90. The summed E-state index contributed by atoms with van der Waals surface area (Å²) in [6, 6.07) is 12.6. The number of benzene rings is 2. The second kappa shape index (κ2) is 8.31. The molecule has 3 rings (SSSR count). The second-order valence-electron chi connectivity index (χ2n) is 7.63. The first-order chi connectivity index (χ1) is 13.2. The van der Waals surface area contributed by atoms with Crippen LogP contribution in [-0.4, -0.2) is 55.9 Å². The molecule has 0 aliphatic carbocycles. The fourth-order valence-electron chi connectivity index (χ4n) is 3.48. The van der Waals surface area contributed by atoms with E-state index in [2.05, 4.69) is 0 Å². The Morgan fingerprint density at radius 3 is 2.50 bits per heavy atom. The summed E-state index contributed by atoms with van der Waals surface area (Å²) in [7, 11) is -3.11. The van der Waals surface area contributed by atoms with Crippen LogP contribution in [0.3, 0.4) is 0 Å². The molecule has 1 amide bonds. The molecular formula is C21H25NO5S. The van der Waals surface area contributed by atoms with Crippen LogP contribution in [0.25, 0.3) is 10.8 Å². The van der Waals surface area contributed by atoms with Crippen molar-refractivity contribution in [3.05, 3.63) is 48.0 Å². The quantitative estimate of drug-likeness (QED) is 0.693. The van der Waals surface area contributed by atoms with E-state index in [1.165, 1.54) is 0 Å². The van der Waals surface area contributed by atoms with Crippen molar-refractivity contribution in [1.82, 2.24) is 4.90 Å². The van der Waals surface area contributed by atoms with Crippen LogP contribution in [0, 0.1) is 5.92 Å². The number of sulfone groups is 1. The van der Waals surface area contributed by atoms with Gasteiger partial charge in [-0.25, -0.2) is 13.2 Å². The zero-order chi connectivity index (χ0) is 20.3. The maximum atomic E-state index is 12.7. The Kier molecular flexibility index (Phi) is 6.03. The highest BCUT2D eigenvalue weighted by atomic mass is 32.2. The fraction of sp³-hybridized carbons (Fsp3) is 0.429. The Bertz CT molecular complexity index is 983. The maximum absolute atomic E-state index is 12.7. The normalized spacial score (nSPS) is 18.3. The predicted octanol–water partition coefficient (Wildman–Crippen LogP) is 2.67. The Hall–Kier alpha value is -2.41. The van der Waals surface area contributed by atoms with E-state index in [1.807, 2.05) is 44.2 Å². The molecule has 28 heavy (non-hydrogen) atoms.